The fourth-order valence-electron chi connectivity index (χ4n) is 1.40. The molecule has 0 radical (unpaired) electrons. The Hall–Kier alpha value is -0.0800. The van der Waals surface area contributed by atoms with Crippen molar-refractivity contribution in [3.63, 3.8) is 0 Å². The Morgan fingerprint density at radius 2 is 1.56 bits per heavy atom. The van der Waals surface area contributed by atoms with Crippen LogP contribution in [0.5, 0.6) is 0 Å². The summed E-state index contributed by atoms with van der Waals surface area (Å²) in [7, 11) is 0. The summed E-state index contributed by atoms with van der Waals surface area (Å²) in [6, 6.07) is 0. The molecule has 98 valence electrons. The lowest BCUT2D eigenvalue weighted by Crippen LogP contribution is -2.42. The van der Waals surface area contributed by atoms with Gasteiger partial charge in [-0.15, -0.1) is 0 Å². The van der Waals surface area contributed by atoms with Crippen molar-refractivity contribution in [2.75, 3.05) is 13.2 Å². The standard InChI is InChI=1S/C14H30O2/c1-8-10-16-14(6,7)13(4,5)9-11-15-12(2)3/h12H,8-11H2,1-7H3. The molecule has 0 spiro atoms. The minimum Gasteiger partial charge on any atom is -0.379 e. The van der Waals surface area contributed by atoms with Gasteiger partial charge in [0.05, 0.1) is 11.7 Å². The van der Waals surface area contributed by atoms with Gasteiger partial charge in [0.2, 0.25) is 0 Å². The zero-order chi connectivity index (χ0) is 12.8. The van der Waals surface area contributed by atoms with Crippen LogP contribution in [0.25, 0.3) is 0 Å². The minimum absolute atomic E-state index is 0.0939. The van der Waals surface area contributed by atoms with Gasteiger partial charge in [-0.1, -0.05) is 20.8 Å². The Kier molecular flexibility index (Phi) is 6.57. The van der Waals surface area contributed by atoms with Gasteiger partial charge >= 0.3 is 0 Å². The molecule has 0 rings (SSSR count). The van der Waals surface area contributed by atoms with Crippen molar-refractivity contribution in [1.82, 2.24) is 0 Å². The van der Waals surface area contributed by atoms with Crippen molar-refractivity contribution in [2.45, 2.75) is 73.0 Å². The SMILES string of the molecule is CCCOC(C)(C)C(C)(C)CCOC(C)C. The van der Waals surface area contributed by atoms with Gasteiger partial charge in [0.1, 0.15) is 0 Å². The van der Waals surface area contributed by atoms with Crippen molar-refractivity contribution in [3.8, 4) is 0 Å². The van der Waals surface area contributed by atoms with Crippen LogP contribution in [0.1, 0.15) is 61.3 Å². The van der Waals surface area contributed by atoms with E-state index in [1.807, 2.05) is 0 Å². The van der Waals surface area contributed by atoms with Crippen molar-refractivity contribution in [2.24, 2.45) is 5.41 Å². The molecule has 0 unspecified atom stereocenters. The molecule has 2 nitrogen and oxygen atoms in total. The maximum absolute atomic E-state index is 5.95. The van der Waals surface area contributed by atoms with E-state index in [0.717, 1.165) is 26.1 Å². The van der Waals surface area contributed by atoms with Crippen molar-refractivity contribution in [3.05, 3.63) is 0 Å². The van der Waals surface area contributed by atoms with Crippen LogP contribution in [0.15, 0.2) is 0 Å². The Balaban J connectivity index is 4.16. The number of hydrogen-bond acceptors (Lipinski definition) is 2. The third kappa shape index (κ3) is 5.31. The molecule has 0 aliphatic carbocycles. The largest absolute Gasteiger partial charge is 0.379 e. The predicted molar refractivity (Wildman–Crippen MR) is 69.8 cm³/mol. The Bertz CT molecular complexity index is 183. The van der Waals surface area contributed by atoms with Gasteiger partial charge in [-0.3, -0.25) is 0 Å². The Labute approximate surface area is 102 Å². The second-order valence-electron chi connectivity index (χ2n) is 5.91. The number of hydrogen-bond donors (Lipinski definition) is 0. The van der Waals surface area contributed by atoms with E-state index in [2.05, 4.69) is 48.5 Å². The zero-order valence-corrected chi connectivity index (χ0v) is 12.2. The summed E-state index contributed by atoms with van der Waals surface area (Å²) in [6.45, 7) is 16.8. The average molecular weight is 230 g/mol. The summed E-state index contributed by atoms with van der Waals surface area (Å²) in [5.41, 5.74) is 0.0421. The van der Waals surface area contributed by atoms with E-state index in [0.29, 0.717) is 6.10 Å². The number of ether oxygens (including phenoxy) is 2. The van der Waals surface area contributed by atoms with Crippen molar-refractivity contribution >= 4 is 0 Å². The van der Waals surface area contributed by atoms with E-state index in [1.54, 1.807) is 0 Å². The highest BCUT2D eigenvalue weighted by Gasteiger charge is 2.37. The van der Waals surface area contributed by atoms with Crippen LogP contribution in [0.3, 0.4) is 0 Å². The summed E-state index contributed by atoms with van der Waals surface area (Å²) >= 11 is 0. The Morgan fingerprint density at radius 3 is 2.00 bits per heavy atom. The first-order valence-electron chi connectivity index (χ1n) is 6.48. The fourth-order valence-corrected chi connectivity index (χ4v) is 1.40. The summed E-state index contributed by atoms with van der Waals surface area (Å²) < 4.78 is 11.6. The molecule has 0 saturated heterocycles. The molecule has 0 aromatic heterocycles. The predicted octanol–water partition coefficient (Wildman–Crippen LogP) is 4.03. The lowest BCUT2D eigenvalue weighted by Gasteiger charge is -2.41. The highest BCUT2D eigenvalue weighted by atomic mass is 16.5. The van der Waals surface area contributed by atoms with E-state index >= 15 is 0 Å². The van der Waals surface area contributed by atoms with Gasteiger partial charge in [-0.05, 0) is 46.0 Å². The first-order valence-corrected chi connectivity index (χ1v) is 6.48. The van der Waals surface area contributed by atoms with Crippen LogP contribution in [-0.4, -0.2) is 24.9 Å². The topological polar surface area (TPSA) is 18.5 Å². The summed E-state index contributed by atoms with van der Waals surface area (Å²) in [5.74, 6) is 0. The first kappa shape index (κ1) is 15.9. The van der Waals surface area contributed by atoms with E-state index in [9.17, 15) is 0 Å². The van der Waals surface area contributed by atoms with Gasteiger partial charge in [0.15, 0.2) is 0 Å². The van der Waals surface area contributed by atoms with E-state index in [-0.39, 0.29) is 11.0 Å². The highest BCUT2D eigenvalue weighted by Crippen LogP contribution is 2.37. The second-order valence-corrected chi connectivity index (χ2v) is 5.91. The van der Waals surface area contributed by atoms with Crippen LogP contribution in [-0.2, 0) is 9.47 Å². The molecule has 16 heavy (non-hydrogen) atoms. The molecular weight excluding hydrogens is 200 g/mol. The first-order chi connectivity index (χ1) is 7.23. The molecule has 2 heteroatoms. The third-order valence-corrected chi connectivity index (χ3v) is 3.48. The smallest absolute Gasteiger partial charge is 0.0678 e. The van der Waals surface area contributed by atoms with E-state index < -0.39 is 0 Å². The molecule has 0 N–H and O–H groups in total. The molecule has 0 atom stereocenters. The average Bonchev–Trinajstić information content (AvgIpc) is 2.13. The molecule has 0 aliphatic heterocycles. The Morgan fingerprint density at radius 1 is 1.00 bits per heavy atom. The molecule has 0 aliphatic rings. The van der Waals surface area contributed by atoms with Crippen LogP contribution >= 0.6 is 0 Å². The fraction of sp³-hybridized carbons (Fsp3) is 1.00. The summed E-state index contributed by atoms with van der Waals surface area (Å²) in [6.07, 6.45) is 2.42. The summed E-state index contributed by atoms with van der Waals surface area (Å²) in [4.78, 5) is 0. The maximum atomic E-state index is 5.95. The molecule has 0 saturated carbocycles. The monoisotopic (exact) mass is 230 g/mol. The van der Waals surface area contributed by atoms with Gasteiger partial charge in [-0.25, -0.2) is 0 Å². The van der Waals surface area contributed by atoms with Crippen molar-refractivity contribution in [1.29, 1.82) is 0 Å². The molecule has 0 aromatic rings. The molecular formula is C14H30O2. The van der Waals surface area contributed by atoms with Gasteiger partial charge in [0, 0.05) is 13.2 Å². The van der Waals surface area contributed by atoms with Gasteiger partial charge < -0.3 is 9.47 Å². The van der Waals surface area contributed by atoms with Crippen molar-refractivity contribution < 1.29 is 9.47 Å². The molecule has 0 fully saturated rings. The third-order valence-electron chi connectivity index (χ3n) is 3.48. The molecule has 0 aromatic carbocycles. The normalized spacial score (nSPS) is 13.5. The summed E-state index contributed by atoms with van der Waals surface area (Å²) in [5, 5.41) is 0. The van der Waals surface area contributed by atoms with E-state index in [4.69, 9.17) is 9.47 Å². The van der Waals surface area contributed by atoms with Crippen LogP contribution < -0.4 is 0 Å². The van der Waals surface area contributed by atoms with Gasteiger partial charge in [0.25, 0.3) is 0 Å². The van der Waals surface area contributed by atoms with Crippen LogP contribution in [0, 0.1) is 5.41 Å². The van der Waals surface area contributed by atoms with Crippen LogP contribution in [0.2, 0.25) is 0 Å². The highest BCUT2D eigenvalue weighted by molar-refractivity contribution is 4.87. The van der Waals surface area contributed by atoms with Gasteiger partial charge in [-0.2, -0.15) is 0 Å². The van der Waals surface area contributed by atoms with Crippen LogP contribution in [0.4, 0.5) is 0 Å². The quantitative estimate of drug-likeness (QED) is 0.626. The number of rotatable bonds is 8. The molecule has 0 bridgehead atoms. The minimum atomic E-state index is -0.0939. The van der Waals surface area contributed by atoms with E-state index in [1.165, 1.54) is 0 Å². The maximum Gasteiger partial charge on any atom is 0.0678 e. The lowest BCUT2D eigenvalue weighted by atomic mass is 9.74. The molecule has 0 amide bonds. The lowest BCUT2D eigenvalue weighted by molar-refractivity contribution is -0.109. The second kappa shape index (κ2) is 6.61. The molecule has 0 heterocycles. The zero-order valence-electron chi connectivity index (χ0n) is 12.2.